The maximum absolute atomic E-state index is 13.4. The molecular weight excluding hydrogens is 198 g/mol. The minimum atomic E-state index is -0.623. The highest BCUT2D eigenvalue weighted by atomic mass is 19.1. The van der Waals surface area contributed by atoms with Crippen LogP contribution in [0, 0.1) is 5.82 Å². The minimum Gasteiger partial charge on any atom is -0.379 e. The summed E-state index contributed by atoms with van der Waals surface area (Å²) in [5, 5.41) is 6.29. The van der Waals surface area contributed by atoms with Gasteiger partial charge in [-0.05, 0) is 30.7 Å². The standard InChI is InChI=1S/C11H14F2N2/c12-6-8-1-2-11(10(13)5-8)15-9-3-4-14-7-9/h1-2,5,9,14-15H,3-4,6-7H2. The third kappa shape index (κ3) is 2.45. The molecule has 15 heavy (non-hydrogen) atoms. The zero-order chi connectivity index (χ0) is 10.7. The summed E-state index contributed by atoms with van der Waals surface area (Å²) in [6, 6.07) is 4.72. The lowest BCUT2D eigenvalue weighted by Gasteiger charge is -2.13. The van der Waals surface area contributed by atoms with Crippen LogP contribution in [0.4, 0.5) is 14.5 Å². The van der Waals surface area contributed by atoms with Crippen molar-refractivity contribution in [3.05, 3.63) is 29.6 Å². The Kier molecular flexibility index (Phi) is 3.16. The SMILES string of the molecule is FCc1ccc(NC2CCNC2)c(F)c1. The van der Waals surface area contributed by atoms with Gasteiger partial charge in [0.1, 0.15) is 12.5 Å². The van der Waals surface area contributed by atoms with Gasteiger partial charge in [-0.1, -0.05) is 6.07 Å². The number of hydrogen-bond donors (Lipinski definition) is 2. The zero-order valence-corrected chi connectivity index (χ0v) is 8.39. The van der Waals surface area contributed by atoms with Crippen molar-refractivity contribution in [2.75, 3.05) is 18.4 Å². The molecule has 0 amide bonds. The summed E-state index contributed by atoms with van der Waals surface area (Å²) in [6.07, 6.45) is 0.990. The highest BCUT2D eigenvalue weighted by Gasteiger charge is 2.15. The Labute approximate surface area is 87.7 Å². The van der Waals surface area contributed by atoms with Gasteiger partial charge < -0.3 is 10.6 Å². The first-order chi connectivity index (χ1) is 7.29. The quantitative estimate of drug-likeness (QED) is 0.801. The Bertz CT molecular complexity index is 335. The van der Waals surface area contributed by atoms with Gasteiger partial charge in [0.2, 0.25) is 0 Å². The molecule has 1 fully saturated rings. The molecule has 1 atom stereocenters. The van der Waals surface area contributed by atoms with Crippen LogP contribution in [-0.4, -0.2) is 19.1 Å². The molecule has 0 aromatic heterocycles. The molecule has 1 aromatic carbocycles. The van der Waals surface area contributed by atoms with Gasteiger partial charge in [-0.2, -0.15) is 0 Å². The molecular formula is C11H14F2N2. The molecule has 2 rings (SSSR count). The van der Waals surface area contributed by atoms with Gasteiger partial charge in [-0.15, -0.1) is 0 Å². The maximum atomic E-state index is 13.4. The van der Waals surface area contributed by atoms with Crippen LogP contribution < -0.4 is 10.6 Å². The largest absolute Gasteiger partial charge is 0.379 e. The number of nitrogens with one attached hydrogen (secondary N) is 2. The summed E-state index contributed by atoms with van der Waals surface area (Å²) < 4.78 is 25.7. The molecule has 4 heteroatoms. The fraction of sp³-hybridized carbons (Fsp3) is 0.455. The molecule has 1 heterocycles. The summed E-state index contributed by atoms with van der Waals surface area (Å²) in [5.41, 5.74) is 0.837. The number of anilines is 1. The normalized spacial score (nSPS) is 20.5. The number of hydrogen-bond acceptors (Lipinski definition) is 2. The van der Waals surface area contributed by atoms with Crippen molar-refractivity contribution in [1.29, 1.82) is 0 Å². The Morgan fingerprint density at radius 1 is 1.47 bits per heavy atom. The monoisotopic (exact) mass is 212 g/mol. The van der Waals surface area contributed by atoms with Crippen molar-refractivity contribution in [3.63, 3.8) is 0 Å². The van der Waals surface area contributed by atoms with Crippen LogP contribution in [0.2, 0.25) is 0 Å². The van der Waals surface area contributed by atoms with E-state index in [0.717, 1.165) is 19.5 Å². The molecule has 0 aliphatic carbocycles. The number of rotatable bonds is 3. The molecule has 82 valence electrons. The van der Waals surface area contributed by atoms with Crippen molar-refractivity contribution in [3.8, 4) is 0 Å². The Hall–Kier alpha value is -1.16. The average Bonchev–Trinajstić information content (AvgIpc) is 2.74. The minimum absolute atomic E-state index is 0.274. The Morgan fingerprint density at radius 3 is 2.93 bits per heavy atom. The summed E-state index contributed by atoms with van der Waals surface area (Å²) in [7, 11) is 0. The smallest absolute Gasteiger partial charge is 0.146 e. The fourth-order valence-electron chi connectivity index (χ4n) is 1.76. The summed E-state index contributed by atoms with van der Waals surface area (Å²) in [5.74, 6) is -0.378. The summed E-state index contributed by atoms with van der Waals surface area (Å²) in [4.78, 5) is 0. The summed E-state index contributed by atoms with van der Waals surface area (Å²) >= 11 is 0. The molecule has 1 unspecified atom stereocenters. The second-order valence-corrected chi connectivity index (χ2v) is 3.78. The van der Waals surface area contributed by atoms with E-state index >= 15 is 0 Å². The first kappa shape index (κ1) is 10.4. The van der Waals surface area contributed by atoms with E-state index in [2.05, 4.69) is 10.6 Å². The number of benzene rings is 1. The van der Waals surface area contributed by atoms with Gasteiger partial charge in [-0.25, -0.2) is 8.78 Å². The van der Waals surface area contributed by atoms with Crippen molar-refractivity contribution in [2.24, 2.45) is 0 Å². The maximum Gasteiger partial charge on any atom is 0.146 e. The van der Waals surface area contributed by atoms with Crippen LogP contribution in [0.15, 0.2) is 18.2 Å². The van der Waals surface area contributed by atoms with Crippen LogP contribution in [-0.2, 0) is 6.67 Å². The van der Waals surface area contributed by atoms with Gasteiger partial charge in [0.25, 0.3) is 0 Å². The van der Waals surface area contributed by atoms with E-state index in [4.69, 9.17) is 0 Å². The van der Waals surface area contributed by atoms with Gasteiger partial charge in [0.05, 0.1) is 5.69 Å². The molecule has 1 saturated heterocycles. The highest BCUT2D eigenvalue weighted by Crippen LogP contribution is 2.18. The second kappa shape index (κ2) is 4.57. The van der Waals surface area contributed by atoms with Crippen molar-refractivity contribution >= 4 is 5.69 Å². The predicted octanol–water partition coefficient (Wildman–Crippen LogP) is 2.07. The molecule has 0 spiro atoms. The highest BCUT2D eigenvalue weighted by molar-refractivity contribution is 5.47. The lowest BCUT2D eigenvalue weighted by molar-refractivity contribution is 0.482. The number of halogens is 2. The predicted molar refractivity (Wildman–Crippen MR) is 56.1 cm³/mol. The van der Waals surface area contributed by atoms with Gasteiger partial charge >= 0.3 is 0 Å². The Morgan fingerprint density at radius 2 is 2.33 bits per heavy atom. The van der Waals surface area contributed by atoms with Crippen LogP contribution in [0.1, 0.15) is 12.0 Å². The average molecular weight is 212 g/mol. The third-order valence-electron chi connectivity index (χ3n) is 2.61. The Balaban J connectivity index is 2.07. The van der Waals surface area contributed by atoms with Gasteiger partial charge in [-0.3, -0.25) is 0 Å². The zero-order valence-electron chi connectivity index (χ0n) is 8.39. The van der Waals surface area contributed by atoms with E-state index in [-0.39, 0.29) is 11.9 Å². The van der Waals surface area contributed by atoms with E-state index < -0.39 is 6.67 Å². The van der Waals surface area contributed by atoms with Crippen molar-refractivity contribution in [2.45, 2.75) is 19.1 Å². The lowest BCUT2D eigenvalue weighted by atomic mass is 10.2. The molecule has 1 aromatic rings. The van der Waals surface area contributed by atoms with Gasteiger partial charge in [0.15, 0.2) is 0 Å². The number of alkyl halides is 1. The molecule has 0 bridgehead atoms. The summed E-state index contributed by atoms with van der Waals surface area (Å²) in [6.45, 7) is 1.19. The molecule has 1 aliphatic heterocycles. The van der Waals surface area contributed by atoms with Crippen LogP contribution >= 0.6 is 0 Å². The molecule has 2 nitrogen and oxygen atoms in total. The van der Waals surface area contributed by atoms with E-state index in [1.165, 1.54) is 6.07 Å². The topological polar surface area (TPSA) is 24.1 Å². The lowest BCUT2D eigenvalue weighted by Crippen LogP contribution is -2.22. The van der Waals surface area contributed by atoms with E-state index in [1.807, 2.05) is 0 Å². The second-order valence-electron chi connectivity index (χ2n) is 3.78. The van der Waals surface area contributed by atoms with E-state index in [1.54, 1.807) is 12.1 Å². The van der Waals surface area contributed by atoms with Gasteiger partial charge in [0, 0.05) is 12.6 Å². The van der Waals surface area contributed by atoms with E-state index in [9.17, 15) is 8.78 Å². The fourth-order valence-corrected chi connectivity index (χ4v) is 1.76. The first-order valence-corrected chi connectivity index (χ1v) is 5.11. The third-order valence-corrected chi connectivity index (χ3v) is 2.61. The van der Waals surface area contributed by atoms with Crippen molar-refractivity contribution < 1.29 is 8.78 Å². The van der Waals surface area contributed by atoms with Crippen LogP contribution in [0.25, 0.3) is 0 Å². The van der Waals surface area contributed by atoms with Crippen LogP contribution in [0.5, 0.6) is 0 Å². The first-order valence-electron chi connectivity index (χ1n) is 5.11. The van der Waals surface area contributed by atoms with Crippen molar-refractivity contribution in [1.82, 2.24) is 5.32 Å². The van der Waals surface area contributed by atoms with E-state index in [0.29, 0.717) is 11.3 Å². The van der Waals surface area contributed by atoms with Crippen LogP contribution in [0.3, 0.4) is 0 Å². The molecule has 1 aliphatic rings. The molecule has 0 saturated carbocycles. The molecule has 0 radical (unpaired) electrons. The molecule has 2 N–H and O–H groups in total.